The van der Waals surface area contributed by atoms with E-state index in [1.165, 1.54) is 28.8 Å². The molecule has 0 saturated carbocycles. The van der Waals surface area contributed by atoms with Gasteiger partial charge in [0.15, 0.2) is 22.4 Å². The van der Waals surface area contributed by atoms with Gasteiger partial charge < -0.3 is 20.8 Å². The van der Waals surface area contributed by atoms with Gasteiger partial charge in [0.1, 0.15) is 11.3 Å². The monoisotopic (exact) mass is 444 g/mol. The number of nitrogen functional groups attached to an aromatic ring is 1. The number of para-hydroxylation sites is 1. The van der Waals surface area contributed by atoms with Crippen LogP contribution in [-0.2, 0) is 0 Å². The van der Waals surface area contributed by atoms with Gasteiger partial charge in [-0.3, -0.25) is 4.57 Å². The SMILES string of the molecule is Nc1ccc(F)cc1Nc1nc(Cl)c2[nH]c(=O)n(C3CCOc4c(F)cccc43)c2n1. The van der Waals surface area contributed by atoms with Crippen molar-refractivity contribution in [2.45, 2.75) is 12.5 Å². The summed E-state index contributed by atoms with van der Waals surface area (Å²) in [7, 11) is 0. The summed E-state index contributed by atoms with van der Waals surface area (Å²) in [6, 6.07) is 7.84. The molecule has 0 fully saturated rings. The van der Waals surface area contributed by atoms with Crippen LogP contribution < -0.4 is 21.5 Å². The fourth-order valence-corrected chi connectivity index (χ4v) is 3.92. The largest absolute Gasteiger partial charge is 0.490 e. The fraction of sp³-hybridized carbons (Fsp3) is 0.150. The zero-order chi connectivity index (χ0) is 21.7. The minimum absolute atomic E-state index is 0.00940. The summed E-state index contributed by atoms with van der Waals surface area (Å²) in [5.41, 5.74) is 6.89. The van der Waals surface area contributed by atoms with Crippen molar-refractivity contribution in [2.24, 2.45) is 0 Å². The van der Waals surface area contributed by atoms with Crippen LogP contribution >= 0.6 is 11.6 Å². The maximum absolute atomic E-state index is 14.2. The highest BCUT2D eigenvalue weighted by molar-refractivity contribution is 6.33. The Balaban J connectivity index is 1.66. The molecule has 158 valence electrons. The lowest BCUT2D eigenvalue weighted by Crippen LogP contribution is -2.28. The van der Waals surface area contributed by atoms with Crippen molar-refractivity contribution in [1.29, 1.82) is 0 Å². The molecule has 0 amide bonds. The van der Waals surface area contributed by atoms with E-state index in [1.54, 1.807) is 12.1 Å². The van der Waals surface area contributed by atoms with E-state index in [0.717, 1.165) is 0 Å². The predicted molar refractivity (Wildman–Crippen MR) is 112 cm³/mol. The molecule has 11 heteroatoms. The second-order valence-electron chi connectivity index (χ2n) is 7.00. The van der Waals surface area contributed by atoms with E-state index in [1.807, 2.05) is 0 Å². The van der Waals surface area contributed by atoms with Crippen molar-refractivity contribution in [3.8, 4) is 5.75 Å². The molecule has 1 unspecified atom stereocenters. The minimum atomic E-state index is -0.529. The standard InChI is InChI=1S/C20H15ClF2N6O2/c21-17-15-18(28-19(27-17)25-13-8-9(22)4-5-12(13)24)29(20(30)26-15)14-6-7-31-16-10(14)2-1-3-11(16)23/h1-5,8,14H,6-7,24H2,(H,26,30)(H,25,27,28). The molecular weight excluding hydrogens is 430 g/mol. The number of ether oxygens (including phenoxy) is 1. The molecular formula is C20H15ClF2N6O2. The second kappa shape index (κ2) is 7.24. The Bertz CT molecular complexity index is 1390. The molecule has 5 rings (SSSR count). The van der Waals surface area contributed by atoms with E-state index in [2.05, 4.69) is 20.3 Å². The number of fused-ring (bicyclic) bond motifs is 2. The summed E-state index contributed by atoms with van der Waals surface area (Å²) in [6.45, 7) is 0.224. The Kier molecular flexibility index (Phi) is 4.51. The minimum Gasteiger partial charge on any atom is -0.490 e. The number of rotatable bonds is 3. The van der Waals surface area contributed by atoms with Crippen LogP contribution in [0.25, 0.3) is 11.2 Å². The van der Waals surface area contributed by atoms with E-state index < -0.39 is 23.4 Å². The quantitative estimate of drug-likeness (QED) is 0.328. The van der Waals surface area contributed by atoms with Crippen molar-refractivity contribution in [1.82, 2.24) is 19.5 Å². The first-order valence-corrected chi connectivity index (χ1v) is 9.71. The number of hydrogen-bond acceptors (Lipinski definition) is 6. The van der Waals surface area contributed by atoms with Crippen LogP contribution in [0, 0.1) is 11.6 Å². The number of benzene rings is 2. The van der Waals surface area contributed by atoms with Crippen LogP contribution in [0.15, 0.2) is 41.2 Å². The van der Waals surface area contributed by atoms with Gasteiger partial charge in [-0.2, -0.15) is 9.97 Å². The molecule has 0 saturated heterocycles. The molecule has 1 aliphatic rings. The van der Waals surface area contributed by atoms with Crippen molar-refractivity contribution in [3.63, 3.8) is 0 Å². The molecule has 1 atom stereocenters. The highest BCUT2D eigenvalue weighted by Crippen LogP contribution is 2.37. The number of nitrogens with two attached hydrogens (primary N) is 1. The van der Waals surface area contributed by atoms with Crippen LogP contribution in [0.2, 0.25) is 5.15 Å². The molecule has 0 bridgehead atoms. The lowest BCUT2D eigenvalue weighted by Gasteiger charge is -2.26. The number of anilines is 3. The maximum atomic E-state index is 14.2. The van der Waals surface area contributed by atoms with E-state index in [-0.39, 0.29) is 46.0 Å². The van der Waals surface area contributed by atoms with Crippen LogP contribution in [-0.4, -0.2) is 26.1 Å². The Morgan fingerprint density at radius 1 is 1.26 bits per heavy atom. The zero-order valence-electron chi connectivity index (χ0n) is 15.8. The molecule has 31 heavy (non-hydrogen) atoms. The fourth-order valence-electron chi connectivity index (χ4n) is 3.71. The summed E-state index contributed by atoms with van der Waals surface area (Å²) in [4.78, 5) is 24.0. The van der Waals surface area contributed by atoms with Gasteiger partial charge in [-0.25, -0.2) is 13.6 Å². The van der Waals surface area contributed by atoms with Crippen LogP contribution in [0.4, 0.5) is 26.1 Å². The van der Waals surface area contributed by atoms with Crippen molar-refractivity contribution in [2.75, 3.05) is 17.7 Å². The third-order valence-corrected chi connectivity index (χ3v) is 5.37. The highest BCUT2D eigenvalue weighted by atomic mass is 35.5. The van der Waals surface area contributed by atoms with Crippen LogP contribution in [0.1, 0.15) is 18.0 Å². The molecule has 4 aromatic rings. The van der Waals surface area contributed by atoms with Gasteiger partial charge in [0.25, 0.3) is 0 Å². The first-order chi connectivity index (χ1) is 14.9. The Morgan fingerprint density at radius 2 is 2.10 bits per heavy atom. The van der Waals surface area contributed by atoms with Gasteiger partial charge >= 0.3 is 5.69 Å². The lowest BCUT2D eigenvalue weighted by molar-refractivity contribution is 0.244. The summed E-state index contributed by atoms with van der Waals surface area (Å²) in [6.07, 6.45) is 0.421. The molecule has 0 aliphatic carbocycles. The second-order valence-corrected chi connectivity index (χ2v) is 7.36. The molecule has 0 spiro atoms. The number of halogens is 3. The van der Waals surface area contributed by atoms with Crippen molar-refractivity contribution in [3.05, 3.63) is 69.2 Å². The Labute approximate surface area is 178 Å². The zero-order valence-corrected chi connectivity index (χ0v) is 16.6. The van der Waals surface area contributed by atoms with E-state index in [9.17, 15) is 13.6 Å². The van der Waals surface area contributed by atoms with E-state index >= 15 is 0 Å². The number of nitrogens with one attached hydrogen (secondary N) is 2. The van der Waals surface area contributed by atoms with Gasteiger partial charge in [-0.05, 0) is 24.3 Å². The average Bonchev–Trinajstić information content (AvgIpc) is 3.07. The average molecular weight is 445 g/mol. The molecule has 2 aromatic heterocycles. The van der Waals surface area contributed by atoms with Crippen molar-refractivity contribution >= 4 is 40.1 Å². The van der Waals surface area contributed by atoms with Gasteiger partial charge in [-0.1, -0.05) is 23.7 Å². The summed E-state index contributed by atoms with van der Waals surface area (Å²) < 4.78 is 34.7. The van der Waals surface area contributed by atoms with Crippen LogP contribution in [0.5, 0.6) is 5.75 Å². The summed E-state index contributed by atoms with van der Waals surface area (Å²) >= 11 is 6.28. The number of hydrogen-bond donors (Lipinski definition) is 3. The third-order valence-electron chi connectivity index (χ3n) is 5.09. The van der Waals surface area contributed by atoms with E-state index in [4.69, 9.17) is 22.1 Å². The van der Waals surface area contributed by atoms with Gasteiger partial charge in [0.2, 0.25) is 5.95 Å². The first kappa shape index (κ1) is 19.3. The third kappa shape index (κ3) is 3.25. The van der Waals surface area contributed by atoms with E-state index in [0.29, 0.717) is 12.0 Å². The maximum Gasteiger partial charge on any atom is 0.328 e. The first-order valence-electron chi connectivity index (χ1n) is 9.33. The Morgan fingerprint density at radius 3 is 2.94 bits per heavy atom. The molecule has 2 aromatic carbocycles. The lowest BCUT2D eigenvalue weighted by atomic mass is 10.00. The predicted octanol–water partition coefficient (Wildman–Crippen LogP) is 3.75. The van der Waals surface area contributed by atoms with Gasteiger partial charge in [0.05, 0.1) is 24.0 Å². The number of aromatic amines is 1. The normalized spacial score (nSPS) is 15.5. The van der Waals surface area contributed by atoms with Gasteiger partial charge in [-0.15, -0.1) is 0 Å². The molecule has 0 radical (unpaired) electrons. The molecule has 1 aliphatic heterocycles. The summed E-state index contributed by atoms with van der Waals surface area (Å²) in [5.74, 6) is -0.880. The number of nitrogens with zero attached hydrogens (tertiary/aromatic N) is 3. The molecule has 3 heterocycles. The number of aromatic nitrogens is 4. The highest BCUT2D eigenvalue weighted by Gasteiger charge is 2.29. The summed E-state index contributed by atoms with van der Waals surface area (Å²) in [5, 5.41) is 2.82. The topological polar surface area (TPSA) is 111 Å². The van der Waals surface area contributed by atoms with Gasteiger partial charge in [0, 0.05) is 12.0 Å². The van der Waals surface area contributed by atoms with Crippen molar-refractivity contribution < 1.29 is 13.5 Å². The molecule has 8 nitrogen and oxygen atoms in total. The smallest absolute Gasteiger partial charge is 0.328 e. The number of H-pyrrole nitrogens is 1. The molecule has 4 N–H and O–H groups in total. The number of imidazole rings is 1. The Hall–Kier alpha value is -3.66. The van der Waals surface area contributed by atoms with Crippen LogP contribution in [0.3, 0.4) is 0 Å².